The lowest BCUT2D eigenvalue weighted by Crippen LogP contribution is -2.35. The second-order valence-corrected chi connectivity index (χ2v) is 7.41. The van der Waals surface area contributed by atoms with Crippen molar-refractivity contribution in [3.05, 3.63) is 42.5 Å². The van der Waals surface area contributed by atoms with E-state index in [2.05, 4.69) is 10.2 Å². The molecule has 1 aromatic carbocycles. The maximum atomic E-state index is 13.0. The van der Waals surface area contributed by atoms with Crippen molar-refractivity contribution >= 4 is 28.5 Å². The average molecular weight is 339 g/mol. The number of benzene rings is 1. The highest BCUT2D eigenvalue weighted by Crippen LogP contribution is 2.39. The second-order valence-electron chi connectivity index (χ2n) is 7.41. The van der Waals surface area contributed by atoms with E-state index in [1.54, 1.807) is 12.2 Å². The number of Topliss-reactive ketones (excluding diaryl/α,β-unsaturated/α-hetero) is 1. The summed E-state index contributed by atoms with van der Waals surface area (Å²) in [5, 5.41) is 17.7. The van der Waals surface area contributed by atoms with Crippen LogP contribution in [0.5, 0.6) is 0 Å². The molecule has 1 aliphatic rings. The Labute approximate surface area is 145 Å². The first-order chi connectivity index (χ1) is 11.8. The minimum atomic E-state index is -0.998. The van der Waals surface area contributed by atoms with Gasteiger partial charge < -0.3 is 5.11 Å². The Morgan fingerprint density at radius 2 is 1.84 bits per heavy atom. The summed E-state index contributed by atoms with van der Waals surface area (Å²) in [6, 6.07) is 7.43. The summed E-state index contributed by atoms with van der Waals surface area (Å²) < 4.78 is 0. The van der Waals surface area contributed by atoms with Crippen molar-refractivity contribution in [1.29, 1.82) is 0 Å². The standard InChI is InChI=1S/C19H21N3O3/c1-19(2,3)13-10-12(8-9-17(23)24)11-16(18(13)25)22-20-14-6-4-5-7-15(14)21-22/h4-9,11-13H,10H2,1-3H3,(H,23,24). The SMILES string of the molecule is CC(C)(C)C1CC(C=CC(=O)O)C=C(n2nc3ccccc3n2)C1=O. The Morgan fingerprint density at radius 1 is 1.24 bits per heavy atom. The zero-order valence-corrected chi connectivity index (χ0v) is 14.5. The maximum absolute atomic E-state index is 13.0. The van der Waals surface area contributed by atoms with Crippen LogP contribution < -0.4 is 0 Å². The lowest BCUT2D eigenvalue weighted by atomic mass is 9.70. The fraction of sp³-hybridized carbons (Fsp3) is 0.368. The van der Waals surface area contributed by atoms with Crippen LogP contribution in [0.2, 0.25) is 0 Å². The van der Waals surface area contributed by atoms with Crippen LogP contribution in [0.15, 0.2) is 42.5 Å². The normalized spacial score (nSPS) is 21.7. The van der Waals surface area contributed by atoms with Crippen molar-refractivity contribution in [1.82, 2.24) is 15.0 Å². The molecule has 3 rings (SSSR count). The molecule has 6 nitrogen and oxygen atoms in total. The van der Waals surface area contributed by atoms with Gasteiger partial charge in [0.05, 0.1) is 0 Å². The van der Waals surface area contributed by atoms with E-state index in [1.165, 1.54) is 4.80 Å². The third kappa shape index (κ3) is 3.52. The van der Waals surface area contributed by atoms with Crippen LogP contribution >= 0.6 is 0 Å². The van der Waals surface area contributed by atoms with Gasteiger partial charge in [0, 0.05) is 12.0 Å². The molecule has 1 aliphatic carbocycles. The number of allylic oxidation sites excluding steroid dienone is 3. The minimum Gasteiger partial charge on any atom is -0.478 e. The van der Waals surface area contributed by atoms with Crippen molar-refractivity contribution in [2.24, 2.45) is 17.3 Å². The Morgan fingerprint density at radius 3 is 2.36 bits per heavy atom. The van der Waals surface area contributed by atoms with E-state index in [-0.39, 0.29) is 23.0 Å². The van der Waals surface area contributed by atoms with Gasteiger partial charge in [0.25, 0.3) is 0 Å². The highest BCUT2D eigenvalue weighted by Gasteiger charge is 2.38. The highest BCUT2D eigenvalue weighted by molar-refractivity contribution is 6.17. The zero-order valence-electron chi connectivity index (χ0n) is 14.5. The van der Waals surface area contributed by atoms with Gasteiger partial charge >= 0.3 is 5.97 Å². The Kier molecular flexibility index (Phi) is 4.29. The molecule has 2 unspecified atom stereocenters. The molecule has 6 heteroatoms. The van der Waals surface area contributed by atoms with Crippen molar-refractivity contribution < 1.29 is 14.7 Å². The molecule has 0 aliphatic heterocycles. The van der Waals surface area contributed by atoms with Crippen LogP contribution in [0, 0.1) is 17.3 Å². The molecule has 1 N–H and O–H groups in total. The predicted octanol–water partition coefficient (Wildman–Crippen LogP) is 3.16. The number of fused-ring (bicyclic) bond motifs is 1. The smallest absolute Gasteiger partial charge is 0.327 e. The molecule has 0 spiro atoms. The van der Waals surface area contributed by atoms with Gasteiger partial charge in [0.15, 0.2) is 5.78 Å². The van der Waals surface area contributed by atoms with Crippen LogP contribution in [0.25, 0.3) is 16.7 Å². The molecule has 130 valence electrons. The number of hydrogen-bond acceptors (Lipinski definition) is 4. The summed E-state index contributed by atoms with van der Waals surface area (Å²) >= 11 is 0. The van der Waals surface area contributed by atoms with Gasteiger partial charge in [-0.1, -0.05) is 39.0 Å². The van der Waals surface area contributed by atoms with E-state index < -0.39 is 5.97 Å². The van der Waals surface area contributed by atoms with Gasteiger partial charge in [-0.25, -0.2) is 4.79 Å². The van der Waals surface area contributed by atoms with Gasteiger partial charge in [-0.15, -0.1) is 15.0 Å². The first kappa shape index (κ1) is 17.1. The largest absolute Gasteiger partial charge is 0.478 e. The van der Waals surface area contributed by atoms with E-state index in [1.807, 2.05) is 45.0 Å². The molecule has 0 fully saturated rings. The fourth-order valence-electron chi connectivity index (χ4n) is 3.13. The molecular formula is C19H21N3O3. The highest BCUT2D eigenvalue weighted by atomic mass is 16.4. The van der Waals surface area contributed by atoms with Crippen molar-refractivity contribution in [2.45, 2.75) is 27.2 Å². The van der Waals surface area contributed by atoms with Gasteiger partial charge in [0.2, 0.25) is 0 Å². The molecule has 0 radical (unpaired) electrons. The van der Waals surface area contributed by atoms with Crippen LogP contribution in [-0.2, 0) is 9.59 Å². The number of hydrogen-bond donors (Lipinski definition) is 1. The quantitative estimate of drug-likeness (QED) is 0.868. The van der Waals surface area contributed by atoms with Crippen LogP contribution in [0.1, 0.15) is 27.2 Å². The van der Waals surface area contributed by atoms with E-state index in [9.17, 15) is 9.59 Å². The summed E-state index contributed by atoms with van der Waals surface area (Å²) in [7, 11) is 0. The minimum absolute atomic E-state index is 0.00668. The molecule has 0 saturated heterocycles. The van der Waals surface area contributed by atoms with Crippen LogP contribution in [0.3, 0.4) is 0 Å². The number of carboxylic acids is 1. The number of nitrogens with zero attached hydrogens (tertiary/aromatic N) is 3. The summed E-state index contributed by atoms with van der Waals surface area (Å²) in [5.74, 6) is -1.39. The lowest BCUT2D eigenvalue weighted by molar-refractivity contribution is -0.131. The summed E-state index contributed by atoms with van der Waals surface area (Å²) in [4.78, 5) is 25.3. The summed E-state index contributed by atoms with van der Waals surface area (Å²) in [6.07, 6.45) is 5.09. The molecule has 25 heavy (non-hydrogen) atoms. The maximum Gasteiger partial charge on any atom is 0.327 e. The molecule has 0 saturated carbocycles. The number of aromatic nitrogens is 3. The van der Waals surface area contributed by atoms with Gasteiger partial charge in [-0.3, -0.25) is 4.79 Å². The number of ketones is 1. The Balaban J connectivity index is 2.06. The molecular weight excluding hydrogens is 318 g/mol. The topological polar surface area (TPSA) is 85.1 Å². The van der Waals surface area contributed by atoms with Crippen LogP contribution in [-0.4, -0.2) is 31.9 Å². The number of carbonyl (C=O) groups is 2. The Hall–Kier alpha value is -2.76. The molecule has 2 atom stereocenters. The number of aliphatic carboxylic acids is 1. The van der Waals surface area contributed by atoms with E-state index in [4.69, 9.17) is 5.11 Å². The molecule has 0 amide bonds. The van der Waals surface area contributed by atoms with E-state index in [0.717, 1.165) is 6.08 Å². The lowest BCUT2D eigenvalue weighted by Gasteiger charge is -2.34. The number of carboxylic acid groups (broad SMARTS) is 1. The van der Waals surface area contributed by atoms with Crippen molar-refractivity contribution in [3.63, 3.8) is 0 Å². The molecule has 1 aromatic heterocycles. The third-order valence-corrected chi connectivity index (χ3v) is 4.48. The Bertz CT molecular complexity index is 854. The van der Waals surface area contributed by atoms with Gasteiger partial charge in [-0.05, 0) is 36.0 Å². The monoisotopic (exact) mass is 339 g/mol. The summed E-state index contributed by atoms with van der Waals surface area (Å²) in [5.41, 5.74) is 1.60. The predicted molar refractivity (Wildman–Crippen MR) is 94.6 cm³/mol. The van der Waals surface area contributed by atoms with Gasteiger partial charge in [0.1, 0.15) is 16.7 Å². The van der Waals surface area contributed by atoms with Crippen molar-refractivity contribution in [2.75, 3.05) is 0 Å². The van der Waals surface area contributed by atoms with E-state index in [0.29, 0.717) is 23.2 Å². The molecule has 0 bridgehead atoms. The first-order valence-electron chi connectivity index (χ1n) is 8.25. The zero-order chi connectivity index (χ0) is 18.2. The fourth-order valence-corrected chi connectivity index (χ4v) is 3.13. The average Bonchev–Trinajstić information content (AvgIpc) is 2.96. The first-order valence-corrected chi connectivity index (χ1v) is 8.25. The number of rotatable bonds is 3. The van der Waals surface area contributed by atoms with Crippen molar-refractivity contribution in [3.8, 4) is 0 Å². The van der Waals surface area contributed by atoms with Gasteiger partial charge in [-0.2, -0.15) is 0 Å². The number of carbonyl (C=O) groups excluding carboxylic acids is 1. The molecule has 2 aromatic rings. The van der Waals surface area contributed by atoms with Crippen LogP contribution in [0.4, 0.5) is 0 Å². The van der Waals surface area contributed by atoms with E-state index >= 15 is 0 Å². The third-order valence-electron chi connectivity index (χ3n) is 4.48. The summed E-state index contributed by atoms with van der Waals surface area (Å²) in [6.45, 7) is 6.05. The second kappa shape index (κ2) is 6.27. The molecule has 1 heterocycles.